The van der Waals surface area contributed by atoms with Crippen LogP contribution >= 0.6 is 12.2 Å². The van der Waals surface area contributed by atoms with Crippen LogP contribution in [0.1, 0.15) is 32.6 Å². The zero-order valence-corrected chi connectivity index (χ0v) is 17.4. The van der Waals surface area contributed by atoms with Gasteiger partial charge < -0.3 is 14.8 Å². The molecule has 0 saturated heterocycles. The number of hydrogen-bond donors (Lipinski definition) is 4. The summed E-state index contributed by atoms with van der Waals surface area (Å²) in [5.41, 5.74) is 5.05. The van der Waals surface area contributed by atoms with E-state index in [-0.39, 0.29) is 23.8 Å². The largest absolute Gasteiger partial charge is 0.490 e. The normalized spacial score (nSPS) is 13.3. The lowest BCUT2D eigenvalue weighted by atomic mass is 10.3. The third-order valence-electron chi connectivity index (χ3n) is 3.75. The predicted molar refractivity (Wildman–Crippen MR) is 109 cm³/mol. The van der Waals surface area contributed by atoms with E-state index in [1.165, 1.54) is 12.1 Å². The Balaban J connectivity index is 1.75. The van der Waals surface area contributed by atoms with Crippen molar-refractivity contribution in [3.05, 3.63) is 18.2 Å². The van der Waals surface area contributed by atoms with Gasteiger partial charge >= 0.3 is 0 Å². The fraction of sp³-hybridized carbons (Fsp3) is 0.529. The van der Waals surface area contributed by atoms with Crippen molar-refractivity contribution in [2.45, 2.75) is 37.5 Å². The van der Waals surface area contributed by atoms with Crippen molar-refractivity contribution in [1.82, 2.24) is 20.9 Å². The number of carbonyl (C=O) groups is 1. The molecule has 0 atom stereocenters. The number of hydrogen-bond acceptors (Lipinski definition) is 6. The highest BCUT2D eigenvalue weighted by Crippen LogP contribution is 2.31. The Bertz CT molecular complexity index is 786. The summed E-state index contributed by atoms with van der Waals surface area (Å²) in [6.07, 6.45) is 2.14. The Kier molecular flexibility index (Phi) is 8.74. The average molecular weight is 431 g/mol. The molecule has 28 heavy (non-hydrogen) atoms. The maximum Gasteiger partial charge on any atom is 0.240 e. The molecule has 2 rings (SSSR count). The first-order chi connectivity index (χ1) is 13.4. The maximum absolute atomic E-state index is 12.4. The van der Waals surface area contributed by atoms with Crippen molar-refractivity contribution in [2.24, 2.45) is 0 Å². The average Bonchev–Trinajstić information content (AvgIpc) is 2.92. The summed E-state index contributed by atoms with van der Waals surface area (Å²) in [6, 6.07) is 4.50. The predicted octanol–water partition coefficient (Wildman–Crippen LogP) is 0.812. The molecule has 0 aromatic heterocycles. The number of thiocarbonyl (C=S) groups is 1. The standard InChI is InChI=1S/C17H26N4O5S2/c1-2-8-18-17(27)21-20-16(22)5-3-9-19-28(23,24)13-6-7-14-15(12-13)26-11-4-10-25-14/h6-7,12,19H,2-5,8-11H2,1H3,(H,20,22)(H2,18,21,27). The summed E-state index contributed by atoms with van der Waals surface area (Å²) in [6.45, 7) is 3.85. The molecule has 1 amide bonds. The smallest absolute Gasteiger partial charge is 0.240 e. The Morgan fingerprint density at radius 3 is 2.64 bits per heavy atom. The van der Waals surface area contributed by atoms with Crippen LogP contribution in [0.5, 0.6) is 11.5 Å². The maximum atomic E-state index is 12.4. The highest BCUT2D eigenvalue weighted by molar-refractivity contribution is 7.89. The molecule has 1 heterocycles. The summed E-state index contributed by atoms with van der Waals surface area (Å²) >= 11 is 4.98. The van der Waals surface area contributed by atoms with Gasteiger partial charge in [-0.1, -0.05) is 6.92 Å². The molecular formula is C17H26N4O5S2. The molecule has 1 aromatic rings. The van der Waals surface area contributed by atoms with Gasteiger partial charge in [-0.25, -0.2) is 13.1 Å². The fourth-order valence-electron chi connectivity index (χ4n) is 2.32. The van der Waals surface area contributed by atoms with Gasteiger partial charge in [-0.2, -0.15) is 0 Å². The van der Waals surface area contributed by atoms with E-state index in [4.69, 9.17) is 21.7 Å². The number of amides is 1. The molecule has 1 aromatic carbocycles. The molecule has 11 heteroatoms. The first kappa shape index (κ1) is 22.2. The third kappa shape index (κ3) is 7.13. The van der Waals surface area contributed by atoms with Gasteiger partial charge in [-0.3, -0.25) is 15.6 Å². The Labute approximate surface area is 170 Å². The number of benzene rings is 1. The van der Waals surface area contributed by atoms with Crippen molar-refractivity contribution in [3.8, 4) is 11.5 Å². The van der Waals surface area contributed by atoms with Crippen molar-refractivity contribution < 1.29 is 22.7 Å². The zero-order chi connectivity index (χ0) is 20.4. The van der Waals surface area contributed by atoms with Crippen molar-refractivity contribution in [1.29, 1.82) is 0 Å². The third-order valence-corrected chi connectivity index (χ3v) is 5.46. The van der Waals surface area contributed by atoms with Gasteiger partial charge in [0.1, 0.15) is 0 Å². The molecule has 0 spiro atoms. The number of carbonyl (C=O) groups excluding carboxylic acids is 1. The van der Waals surface area contributed by atoms with Gasteiger partial charge in [0.05, 0.1) is 18.1 Å². The highest BCUT2D eigenvalue weighted by Gasteiger charge is 2.18. The number of nitrogens with one attached hydrogen (secondary N) is 4. The Morgan fingerprint density at radius 2 is 1.89 bits per heavy atom. The molecule has 9 nitrogen and oxygen atoms in total. The van der Waals surface area contributed by atoms with E-state index in [9.17, 15) is 13.2 Å². The minimum Gasteiger partial charge on any atom is -0.490 e. The number of hydrazine groups is 1. The van der Waals surface area contributed by atoms with Gasteiger partial charge in [0.2, 0.25) is 15.9 Å². The highest BCUT2D eigenvalue weighted by atomic mass is 32.2. The van der Waals surface area contributed by atoms with Crippen LogP contribution in [-0.4, -0.2) is 45.7 Å². The topological polar surface area (TPSA) is 118 Å². The quantitative estimate of drug-likeness (QED) is 0.272. The van der Waals surface area contributed by atoms with Crippen LogP contribution in [-0.2, 0) is 14.8 Å². The van der Waals surface area contributed by atoms with Gasteiger partial charge in [0.25, 0.3) is 0 Å². The van der Waals surface area contributed by atoms with Gasteiger partial charge in [-0.05, 0) is 37.2 Å². The van der Waals surface area contributed by atoms with Crippen molar-refractivity contribution >= 4 is 33.3 Å². The van der Waals surface area contributed by atoms with Gasteiger partial charge in [0, 0.05) is 32.0 Å². The summed E-state index contributed by atoms with van der Waals surface area (Å²) in [7, 11) is -3.70. The minimum atomic E-state index is -3.70. The van der Waals surface area contributed by atoms with E-state index in [0.717, 1.165) is 12.8 Å². The second-order valence-corrected chi connectivity index (χ2v) is 8.26. The van der Waals surface area contributed by atoms with E-state index in [2.05, 4.69) is 20.9 Å². The summed E-state index contributed by atoms with van der Waals surface area (Å²) in [4.78, 5) is 11.8. The van der Waals surface area contributed by atoms with Gasteiger partial charge in [0.15, 0.2) is 16.6 Å². The first-order valence-electron chi connectivity index (χ1n) is 9.14. The lowest BCUT2D eigenvalue weighted by molar-refractivity contribution is -0.121. The molecule has 4 N–H and O–H groups in total. The summed E-state index contributed by atoms with van der Waals surface area (Å²) < 4.78 is 38.3. The van der Waals surface area contributed by atoms with Crippen LogP contribution in [0.25, 0.3) is 0 Å². The van der Waals surface area contributed by atoms with Crippen LogP contribution < -0.4 is 30.4 Å². The molecule has 0 unspecified atom stereocenters. The number of rotatable bonds is 8. The SMILES string of the molecule is CCCNC(=S)NNC(=O)CCCNS(=O)(=O)c1ccc2c(c1)OCCCO2. The number of ether oxygens (including phenoxy) is 2. The lowest BCUT2D eigenvalue weighted by Crippen LogP contribution is -2.47. The van der Waals surface area contributed by atoms with E-state index >= 15 is 0 Å². The molecule has 0 saturated carbocycles. The molecule has 0 radical (unpaired) electrons. The van der Waals surface area contributed by atoms with Crippen LogP contribution in [0.3, 0.4) is 0 Å². The zero-order valence-electron chi connectivity index (χ0n) is 15.7. The van der Waals surface area contributed by atoms with Crippen LogP contribution in [0.2, 0.25) is 0 Å². The fourth-order valence-corrected chi connectivity index (χ4v) is 3.56. The monoisotopic (exact) mass is 430 g/mol. The molecule has 156 valence electrons. The van der Waals surface area contributed by atoms with Crippen molar-refractivity contribution in [2.75, 3.05) is 26.3 Å². The number of sulfonamides is 1. The van der Waals surface area contributed by atoms with Gasteiger partial charge in [-0.15, -0.1) is 0 Å². The van der Waals surface area contributed by atoms with Crippen LogP contribution in [0.15, 0.2) is 23.1 Å². The number of fused-ring (bicyclic) bond motifs is 1. The van der Waals surface area contributed by atoms with E-state index in [1.807, 2.05) is 6.92 Å². The summed E-state index contributed by atoms with van der Waals surface area (Å²) in [5.74, 6) is 0.667. The van der Waals surface area contributed by atoms with E-state index in [0.29, 0.717) is 42.8 Å². The van der Waals surface area contributed by atoms with E-state index in [1.54, 1.807) is 6.07 Å². The van der Waals surface area contributed by atoms with Crippen LogP contribution in [0, 0.1) is 0 Å². The summed E-state index contributed by atoms with van der Waals surface area (Å²) in [5, 5.41) is 3.25. The molecular weight excluding hydrogens is 404 g/mol. The molecule has 1 aliphatic rings. The minimum absolute atomic E-state index is 0.0928. The van der Waals surface area contributed by atoms with Crippen molar-refractivity contribution in [3.63, 3.8) is 0 Å². The Hall–Kier alpha value is -2.11. The lowest BCUT2D eigenvalue weighted by Gasteiger charge is -2.12. The first-order valence-corrected chi connectivity index (χ1v) is 11.0. The van der Waals surface area contributed by atoms with Crippen LogP contribution in [0.4, 0.5) is 0 Å². The molecule has 0 bridgehead atoms. The second-order valence-electron chi connectivity index (χ2n) is 6.09. The second kappa shape index (κ2) is 11.0. The van der Waals surface area contributed by atoms with E-state index < -0.39 is 10.0 Å². The molecule has 0 fully saturated rings. The molecule has 1 aliphatic heterocycles. The molecule has 0 aliphatic carbocycles. The Morgan fingerprint density at radius 1 is 1.14 bits per heavy atom.